The smallest absolute Gasteiger partial charge is 0.462 e. The first-order valence-electron chi connectivity index (χ1n) is 21.7. The van der Waals surface area contributed by atoms with Gasteiger partial charge in [-0.2, -0.15) is 0 Å². The largest absolute Gasteiger partial charge is 0.469 e. The normalized spacial score (nSPS) is 13.6. The highest BCUT2D eigenvalue weighted by atomic mass is 31.2. The van der Waals surface area contributed by atoms with Gasteiger partial charge in [-0.05, 0) is 70.6 Å². The van der Waals surface area contributed by atoms with Crippen LogP contribution >= 0.6 is 7.82 Å². The van der Waals surface area contributed by atoms with Gasteiger partial charge in [0.2, 0.25) is 0 Å². The summed E-state index contributed by atoms with van der Waals surface area (Å²) in [5.41, 5.74) is 0. The Kier molecular flexibility index (Phi) is 38.3. The Morgan fingerprint density at radius 1 is 0.564 bits per heavy atom. The number of unbranched alkanes of at least 4 members (excludes halogenated alkanes) is 19. The van der Waals surface area contributed by atoms with Gasteiger partial charge in [-0.3, -0.25) is 14.1 Å². The van der Waals surface area contributed by atoms with Crippen LogP contribution in [-0.2, 0) is 28.2 Å². The van der Waals surface area contributed by atoms with E-state index in [9.17, 15) is 19.3 Å². The molecule has 0 fully saturated rings. The first-order valence-corrected chi connectivity index (χ1v) is 23.2. The van der Waals surface area contributed by atoms with Crippen molar-refractivity contribution in [2.24, 2.45) is 0 Å². The summed E-state index contributed by atoms with van der Waals surface area (Å²) in [4.78, 5) is 42.9. The van der Waals surface area contributed by atoms with Gasteiger partial charge in [0.15, 0.2) is 6.10 Å². The van der Waals surface area contributed by atoms with E-state index in [1.54, 1.807) is 12.2 Å². The van der Waals surface area contributed by atoms with Crippen LogP contribution < -0.4 is 0 Å². The zero-order chi connectivity index (χ0) is 40.5. The molecule has 0 aliphatic carbocycles. The van der Waals surface area contributed by atoms with Crippen LogP contribution in [0.2, 0.25) is 0 Å². The lowest BCUT2D eigenvalue weighted by atomic mass is 10.1. The third-order valence-electron chi connectivity index (χ3n) is 9.09. The van der Waals surface area contributed by atoms with Gasteiger partial charge in [0.1, 0.15) is 6.61 Å². The van der Waals surface area contributed by atoms with Gasteiger partial charge in [0, 0.05) is 12.8 Å². The molecule has 0 aliphatic heterocycles. The van der Waals surface area contributed by atoms with Crippen LogP contribution in [-0.4, -0.2) is 52.3 Å². The molecule has 10 heteroatoms. The first-order chi connectivity index (χ1) is 26.7. The van der Waals surface area contributed by atoms with Crippen LogP contribution in [0.4, 0.5) is 0 Å². The van der Waals surface area contributed by atoms with Crippen molar-refractivity contribution in [3.8, 4) is 0 Å². The molecule has 2 atom stereocenters. The number of allylic oxidation sites excluding steroid dienone is 8. The molecule has 0 saturated heterocycles. The van der Waals surface area contributed by atoms with E-state index in [0.29, 0.717) is 25.7 Å². The molecule has 0 amide bonds. The van der Waals surface area contributed by atoms with Crippen molar-refractivity contribution in [3.63, 3.8) is 0 Å². The van der Waals surface area contributed by atoms with E-state index < -0.39 is 38.6 Å². The Balaban J connectivity index is 4.07. The fourth-order valence-corrected chi connectivity index (χ4v) is 6.15. The summed E-state index contributed by atoms with van der Waals surface area (Å²) >= 11 is 0. The molecule has 0 radical (unpaired) electrons. The van der Waals surface area contributed by atoms with Gasteiger partial charge in [0.05, 0.1) is 12.7 Å². The minimum Gasteiger partial charge on any atom is -0.462 e. The molecule has 0 aromatic heterocycles. The summed E-state index contributed by atoms with van der Waals surface area (Å²) in [5, 5.41) is 10.1. The quantitative estimate of drug-likeness (QED) is 0.0182. The van der Waals surface area contributed by atoms with Crippen LogP contribution in [0.3, 0.4) is 0 Å². The lowest BCUT2D eigenvalue weighted by Gasteiger charge is -2.18. The Morgan fingerprint density at radius 2 is 1.05 bits per heavy atom. The van der Waals surface area contributed by atoms with Crippen LogP contribution in [0.1, 0.15) is 187 Å². The van der Waals surface area contributed by atoms with Crippen molar-refractivity contribution in [2.45, 2.75) is 199 Å². The number of ether oxygens (including phenoxy) is 2. The molecular weight excluding hydrogens is 715 g/mol. The molecule has 0 bridgehead atoms. The van der Waals surface area contributed by atoms with Crippen LogP contribution in [0, 0.1) is 0 Å². The van der Waals surface area contributed by atoms with Crippen LogP contribution in [0.15, 0.2) is 60.8 Å². The Morgan fingerprint density at radius 3 is 1.67 bits per heavy atom. The van der Waals surface area contributed by atoms with Crippen molar-refractivity contribution in [3.05, 3.63) is 60.8 Å². The zero-order valence-corrected chi connectivity index (χ0v) is 35.6. The maximum Gasteiger partial charge on any atom is 0.469 e. The molecule has 0 aromatic rings. The monoisotopic (exact) mass is 795 g/mol. The molecule has 0 aromatic carbocycles. The number of carbonyl (C=O) groups excluding carboxylic acids is 2. The van der Waals surface area contributed by atoms with E-state index in [1.165, 1.54) is 103 Å². The number of esters is 2. The predicted molar refractivity (Wildman–Crippen MR) is 227 cm³/mol. The maximum absolute atomic E-state index is 12.4. The maximum atomic E-state index is 12.4. The second-order valence-electron chi connectivity index (χ2n) is 14.5. The molecule has 0 spiro atoms. The van der Waals surface area contributed by atoms with E-state index in [0.717, 1.165) is 32.1 Å². The van der Waals surface area contributed by atoms with Crippen LogP contribution in [0.25, 0.3) is 0 Å². The van der Waals surface area contributed by atoms with E-state index in [2.05, 4.69) is 48.8 Å². The van der Waals surface area contributed by atoms with E-state index in [-0.39, 0.29) is 19.4 Å². The number of rotatable bonds is 39. The molecule has 55 heavy (non-hydrogen) atoms. The number of hydrogen-bond donors (Lipinski definition) is 3. The first kappa shape index (κ1) is 52.7. The van der Waals surface area contributed by atoms with E-state index in [4.69, 9.17) is 19.3 Å². The average Bonchev–Trinajstić information content (AvgIpc) is 3.15. The second-order valence-corrected chi connectivity index (χ2v) is 15.8. The number of carbonyl (C=O) groups is 2. The molecule has 0 heterocycles. The van der Waals surface area contributed by atoms with E-state index in [1.807, 2.05) is 18.2 Å². The lowest BCUT2D eigenvalue weighted by molar-refractivity contribution is -0.161. The Hall–Kier alpha value is -2.29. The summed E-state index contributed by atoms with van der Waals surface area (Å²) in [7, 11) is -4.79. The summed E-state index contributed by atoms with van der Waals surface area (Å²) < 4.78 is 26.3. The highest BCUT2D eigenvalue weighted by molar-refractivity contribution is 7.46. The minimum atomic E-state index is -4.79. The van der Waals surface area contributed by atoms with Gasteiger partial charge in [0.25, 0.3) is 0 Å². The van der Waals surface area contributed by atoms with Crippen molar-refractivity contribution in [2.75, 3.05) is 13.2 Å². The van der Waals surface area contributed by atoms with Gasteiger partial charge in [-0.1, -0.05) is 164 Å². The van der Waals surface area contributed by atoms with E-state index >= 15 is 0 Å². The third-order valence-corrected chi connectivity index (χ3v) is 9.57. The molecular formula is C45H79O9P. The fraction of sp³-hybridized carbons (Fsp3) is 0.733. The Bertz CT molecular complexity index is 1090. The Labute approximate surface area is 335 Å². The predicted octanol–water partition coefficient (Wildman–Crippen LogP) is 12.3. The zero-order valence-electron chi connectivity index (χ0n) is 34.7. The van der Waals surface area contributed by atoms with Gasteiger partial charge in [-0.15, -0.1) is 0 Å². The van der Waals surface area contributed by atoms with Gasteiger partial charge >= 0.3 is 19.8 Å². The van der Waals surface area contributed by atoms with Crippen LogP contribution in [0.5, 0.6) is 0 Å². The fourth-order valence-electron chi connectivity index (χ4n) is 5.79. The van der Waals surface area contributed by atoms with Gasteiger partial charge in [-0.25, -0.2) is 4.57 Å². The third kappa shape index (κ3) is 42.7. The summed E-state index contributed by atoms with van der Waals surface area (Å²) in [6, 6.07) is 0. The highest BCUT2D eigenvalue weighted by Gasteiger charge is 2.22. The van der Waals surface area contributed by atoms with Crippen molar-refractivity contribution < 1.29 is 43.0 Å². The highest BCUT2D eigenvalue weighted by Crippen LogP contribution is 2.36. The topological polar surface area (TPSA) is 140 Å². The summed E-state index contributed by atoms with van der Waals surface area (Å²) in [6.07, 6.45) is 46.8. The SMILES string of the molecule is CCCCC/C=C\C/C=C\CC(O)/C=C\C=C\CCCC(=O)O[C@H](COC(=O)CCCCCCCCCCC/C=C\CCCCCCCC)COP(=O)(O)O. The average molecular weight is 795 g/mol. The van der Waals surface area contributed by atoms with Crippen molar-refractivity contribution >= 4 is 19.8 Å². The van der Waals surface area contributed by atoms with Crippen molar-refractivity contribution in [1.82, 2.24) is 0 Å². The number of aliphatic hydroxyl groups is 1. The van der Waals surface area contributed by atoms with Crippen molar-refractivity contribution in [1.29, 1.82) is 0 Å². The number of hydrogen-bond acceptors (Lipinski definition) is 7. The summed E-state index contributed by atoms with van der Waals surface area (Å²) in [5.74, 6) is -1.02. The molecule has 318 valence electrons. The molecule has 0 aliphatic rings. The number of aliphatic hydroxyl groups excluding tert-OH is 1. The molecule has 0 saturated carbocycles. The van der Waals surface area contributed by atoms with Gasteiger partial charge < -0.3 is 24.4 Å². The minimum absolute atomic E-state index is 0.0750. The molecule has 3 N–H and O–H groups in total. The molecule has 0 rings (SSSR count). The molecule has 9 nitrogen and oxygen atoms in total. The second kappa shape index (κ2) is 39.9. The lowest BCUT2D eigenvalue weighted by Crippen LogP contribution is -2.29. The number of phosphoric acid groups is 1. The summed E-state index contributed by atoms with van der Waals surface area (Å²) in [6.45, 7) is 3.53. The standard InChI is InChI=1S/C45H79O9P/c1-3-5-7-9-11-13-14-15-16-17-18-19-20-21-22-24-26-30-34-38-44(47)52-40-43(41-53-55(49,50)51)54-45(48)39-35-31-27-29-33-37-42(46)36-32-28-25-23-12-10-8-6-4-2/h12,15-16,23,27-29,32-33,37,42-43,46H,3-11,13-14,17-22,24-26,30-31,34-36,38-41H2,1-2H3,(H2,49,50,51)/b16-15-,23-12-,29-27+,32-28-,37-33-/t42?,43-/m1/s1. The number of phosphoric ester groups is 1. The molecule has 1 unspecified atom stereocenters.